The van der Waals surface area contributed by atoms with Crippen molar-refractivity contribution in [2.24, 2.45) is 0 Å². The number of carbonyl (C=O) groups is 2. The lowest BCUT2D eigenvalue weighted by Crippen LogP contribution is -2.32. The predicted octanol–water partition coefficient (Wildman–Crippen LogP) is 3.09. The Morgan fingerprint density at radius 1 is 1.10 bits per heavy atom. The number of phenolic OH excluding ortho intramolecular Hbond substituents is 1. The number of likely N-dealkylation sites (tertiary alicyclic amines) is 1. The number of hydrogen-bond donors (Lipinski definition) is 2. The number of amides is 1. The van der Waals surface area contributed by atoms with Crippen molar-refractivity contribution in [2.75, 3.05) is 27.4 Å². The van der Waals surface area contributed by atoms with Crippen LogP contribution in [0.25, 0.3) is 5.76 Å². The summed E-state index contributed by atoms with van der Waals surface area (Å²) in [7, 11) is 2.92. The van der Waals surface area contributed by atoms with Gasteiger partial charge in [-0.25, -0.2) is 0 Å². The summed E-state index contributed by atoms with van der Waals surface area (Å²) in [5.74, 6) is -1.56. The zero-order chi connectivity index (χ0) is 22.0. The largest absolute Gasteiger partial charge is 0.507 e. The number of ether oxygens (including phenoxy) is 2. The van der Waals surface area contributed by atoms with E-state index in [1.807, 2.05) is 26.0 Å². The van der Waals surface area contributed by atoms with Crippen molar-refractivity contribution < 1.29 is 29.3 Å². The number of ketones is 1. The molecule has 2 N–H and O–H groups in total. The van der Waals surface area contributed by atoms with Crippen LogP contribution in [0.4, 0.5) is 0 Å². The third kappa shape index (κ3) is 3.76. The van der Waals surface area contributed by atoms with Crippen LogP contribution in [0.2, 0.25) is 0 Å². The predicted molar refractivity (Wildman–Crippen MR) is 111 cm³/mol. The van der Waals surface area contributed by atoms with Crippen molar-refractivity contribution in [2.45, 2.75) is 19.9 Å². The topological polar surface area (TPSA) is 96.3 Å². The van der Waals surface area contributed by atoms with Crippen molar-refractivity contribution in [1.82, 2.24) is 4.90 Å². The summed E-state index contributed by atoms with van der Waals surface area (Å²) < 4.78 is 10.3. The van der Waals surface area contributed by atoms with Gasteiger partial charge in [-0.1, -0.05) is 23.8 Å². The number of hydrogen-bond acceptors (Lipinski definition) is 6. The first-order valence-corrected chi connectivity index (χ1v) is 9.52. The highest BCUT2D eigenvalue weighted by molar-refractivity contribution is 6.46. The number of phenols is 1. The molecule has 1 saturated heterocycles. The van der Waals surface area contributed by atoms with E-state index in [2.05, 4.69) is 0 Å². The Morgan fingerprint density at radius 2 is 1.83 bits per heavy atom. The lowest BCUT2D eigenvalue weighted by Gasteiger charge is -2.25. The van der Waals surface area contributed by atoms with Crippen LogP contribution in [0.5, 0.6) is 11.5 Å². The van der Waals surface area contributed by atoms with E-state index < -0.39 is 17.7 Å². The Labute approximate surface area is 175 Å². The molecule has 0 unspecified atom stereocenters. The van der Waals surface area contributed by atoms with Crippen LogP contribution in [-0.4, -0.2) is 54.2 Å². The average molecular weight is 411 g/mol. The lowest BCUT2D eigenvalue weighted by atomic mass is 9.93. The summed E-state index contributed by atoms with van der Waals surface area (Å²) >= 11 is 0. The maximum Gasteiger partial charge on any atom is 0.295 e. The zero-order valence-electron chi connectivity index (χ0n) is 17.4. The first kappa shape index (κ1) is 21.4. The van der Waals surface area contributed by atoms with Crippen LogP contribution >= 0.6 is 0 Å². The van der Waals surface area contributed by atoms with E-state index >= 15 is 0 Å². The standard InChI is InChI=1S/C23H25NO6/c1-13-5-6-14(2)16(11-13)21(26)19-20(15-7-8-17(25)18(12-15)30-4)24(9-10-29-3)23(28)22(19)27/h5-8,11-12,20,25-26H,9-10H2,1-4H3/t20-/m1/s1. The van der Waals surface area contributed by atoms with Crippen LogP contribution in [0.1, 0.15) is 28.3 Å². The summed E-state index contributed by atoms with van der Waals surface area (Å²) in [4.78, 5) is 27.1. The van der Waals surface area contributed by atoms with Gasteiger partial charge in [0.05, 0.1) is 25.3 Å². The molecule has 7 heteroatoms. The molecule has 0 spiro atoms. The number of aliphatic hydroxyl groups excluding tert-OH is 1. The number of benzene rings is 2. The smallest absolute Gasteiger partial charge is 0.295 e. The van der Waals surface area contributed by atoms with Gasteiger partial charge in [0.1, 0.15) is 5.76 Å². The quantitative estimate of drug-likeness (QED) is 0.431. The number of aryl methyl sites for hydroxylation is 2. The van der Waals surface area contributed by atoms with E-state index in [-0.39, 0.29) is 36.0 Å². The number of methoxy groups -OCH3 is 2. The second-order valence-electron chi connectivity index (χ2n) is 7.23. The highest BCUT2D eigenvalue weighted by atomic mass is 16.5. The number of Topliss-reactive ketones (excluding diaryl/α,β-unsaturated/α-hetero) is 1. The van der Waals surface area contributed by atoms with Gasteiger partial charge < -0.3 is 24.6 Å². The van der Waals surface area contributed by atoms with Crippen LogP contribution in [0.3, 0.4) is 0 Å². The molecule has 1 aliphatic rings. The molecule has 1 fully saturated rings. The van der Waals surface area contributed by atoms with Gasteiger partial charge in [-0.05, 0) is 43.2 Å². The molecule has 0 aromatic heterocycles. The maximum atomic E-state index is 13.0. The molecular weight excluding hydrogens is 386 g/mol. The second-order valence-corrected chi connectivity index (χ2v) is 7.23. The van der Waals surface area contributed by atoms with Gasteiger partial charge in [-0.2, -0.15) is 0 Å². The molecule has 0 aliphatic carbocycles. The molecule has 3 rings (SSSR count). The number of rotatable bonds is 6. The molecule has 0 saturated carbocycles. The Morgan fingerprint density at radius 3 is 2.50 bits per heavy atom. The number of carbonyl (C=O) groups excluding carboxylic acids is 2. The van der Waals surface area contributed by atoms with E-state index in [1.165, 1.54) is 25.2 Å². The first-order valence-electron chi connectivity index (χ1n) is 9.52. The molecule has 1 amide bonds. The SMILES string of the molecule is COCCN1C(=O)C(=O)C(=C(O)c2cc(C)ccc2C)[C@H]1c1ccc(O)c(OC)c1. The molecule has 1 atom stereocenters. The van der Waals surface area contributed by atoms with Crippen molar-refractivity contribution in [3.05, 3.63) is 64.2 Å². The third-order valence-corrected chi connectivity index (χ3v) is 5.24. The monoisotopic (exact) mass is 411 g/mol. The van der Waals surface area contributed by atoms with Gasteiger partial charge in [0.15, 0.2) is 11.5 Å². The fourth-order valence-electron chi connectivity index (χ4n) is 3.65. The highest BCUT2D eigenvalue weighted by Gasteiger charge is 2.46. The summed E-state index contributed by atoms with van der Waals surface area (Å²) in [6.45, 7) is 4.10. The molecule has 0 radical (unpaired) electrons. The molecular formula is C23H25NO6. The summed E-state index contributed by atoms with van der Waals surface area (Å²) in [6, 6.07) is 9.29. The molecule has 2 aromatic carbocycles. The normalized spacial score (nSPS) is 18.1. The van der Waals surface area contributed by atoms with Gasteiger partial charge in [0.2, 0.25) is 0 Å². The summed E-state index contributed by atoms with van der Waals surface area (Å²) in [5.41, 5.74) is 2.72. The fraction of sp³-hybridized carbons (Fsp3) is 0.304. The van der Waals surface area contributed by atoms with Crippen molar-refractivity contribution in [3.8, 4) is 11.5 Å². The minimum absolute atomic E-state index is 0.00227. The molecule has 1 aliphatic heterocycles. The highest BCUT2D eigenvalue weighted by Crippen LogP contribution is 2.42. The molecule has 2 aromatic rings. The minimum atomic E-state index is -0.838. The lowest BCUT2D eigenvalue weighted by molar-refractivity contribution is -0.140. The van der Waals surface area contributed by atoms with Gasteiger partial charge in [0, 0.05) is 19.2 Å². The number of nitrogens with zero attached hydrogens (tertiary/aromatic N) is 1. The van der Waals surface area contributed by atoms with Crippen molar-refractivity contribution >= 4 is 17.4 Å². The molecule has 30 heavy (non-hydrogen) atoms. The van der Waals surface area contributed by atoms with Crippen molar-refractivity contribution in [1.29, 1.82) is 0 Å². The van der Waals surface area contributed by atoms with E-state index in [0.29, 0.717) is 11.1 Å². The van der Waals surface area contributed by atoms with Crippen LogP contribution in [-0.2, 0) is 14.3 Å². The van der Waals surface area contributed by atoms with Gasteiger partial charge in [0.25, 0.3) is 11.7 Å². The van der Waals surface area contributed by atoms with E-state index in [9.17, 15) is 19.8 Å². The summed E-state index contributed by atoms with van der Waals surface area (Å²) in [6.07, 6.45) is 0. The van der Waals surface area contributed by atoms with E-state index in [4.69, 9.17) is 9.47 Å². The molecule has 1 heterocycles. The molecule has 7 nitrogen and oxygen atoms in total. The second kappa shape index (κ2) is 8.59. The fourth-order valence-corrected chi connectivity index (χ4v) is 3.65. The Kier molecular flexibility index (Phi) is 6.12. The number of aromatic hydroxyl groups is 1. The molecule has 158 valence electrons. The van der Waals surface area contributed by atoms with Crippen molar-refractivity contribution in [3.63, 3.8) is 0 Å². The van der Waals surface area contributed by atoms with Gasteiger partial charge >= 0.3 is 0 Å². The van der Waals surface area contributed by atoms with Crippen LogP contribution in [0, 0.1) is 13.8 Å². The zero-order valence-corrected chi connectivity index (χ0v) is 17.4. The van der Waals surface area contributed by atoms with Crippen LogP contribution in [0.15, 0.2) is 42.0 Å². The number of aliphatic hydroxyl groups is 1. The van der Waals surface area contributed by atoms with Gasteiger partial charge in [-0.3, -0.25) is 9.59 Å². The third-order valence-electron chi connectivity index (χ3n) is 5.24. The van der Waals surface area contributed by atoms with E-state index in [1.54, 1.807) is 18.2 Å². The summed E-state index contributed by atoms with van der Waals surface area (Å²) in [5, 5.41) is 21.1. The van der Waals surface area contributed by atoms with Crippen LogP contribution < -0.4 is 4.74 Å². The van der Waals surface area contributed by atoms with E-state index in [0.717, 1.165) is 11.1 Å². The molecule has 0 bridgehead atoms. The Hall–Kier alpha value is -3.32. The Balaban J connectivity index is 2.24. The minimum Gasteiger partial charge on any atom is -0.507 e. The average Bonchev–Trinajstić information content (AvgIpc) is 2.98. The van der Waals surface area contributed by atoms with Gasteiger partial charge in [-0.15, -0.1) is 0 Å². The Bertz CT molecular complexity index is 1030. The maximum absolute atomic E-state index is 13.0. The first-order chi connectivity index (χ1) is 14.3.